The van der Waals surface area contributed by atoms with Crippen LogP contribution in [0.15, 0.2) is 36.5 Å². The Labute approximate surface area is 144 Å². The van der Waals surface area contributed by atoms with Crippen molar-refractivity contribution < 1.29 is 8.42 Å². The summed E-state index contributed by atoms with van der Waals surface area (Å²) in [6.45, 7) is 4.10. The summed E-state index contributed by atoms with van der Waals surface area (Å²) in [4.78, 5) is 4.50. The number of sulfonamides is 1. The maximum absolute atomic E-state index is 11.8. The summed E-state index contributed by atoms with van der Waals surface area (Å²) in [6.07, 6.45) is 4.95. The Morgan fingerprint density at radius 1 is 1.29 bits per heavy atom. The first-order chi connectivity index (χ1) is 11.5. The summed E-state index contributed by atoms with van der Waals surface area (Å²) in [5.74, 6) is 0.344. The fourth-order valence-electron chi connectivity index (χ4n) is 3.53. The highest BCUT2D eigenvalue weighted by atomic mass is 32.2. The summed E-state index contributed by atoms with van der Waals surface area (Å²) in [7, 11) is -3.09. The van der Waals surface area contributed by atoms with E-state index in [1.54, 1.807) is 4.31 Å². The minimum atomic E-state index is -3.09. The quantitative estimate of drug-likeness (QED) is 0.902. The molecule has 1 aromatic carbocycles. The molecule has 1 N–H and O–H groups in total. The number of nitrogens with one attached hydrogen (secondary N) is 1. The molecule has 5 nitrogen and oxygen atoms in total. The maximum Gasteiger partial charge on any atom is 0.211 e. The van der Waals surface area contributed by atoms with Crippen LogP contribution in [0.1, 0.15) is 25.3 Å². The van der Waals surface area contributed by atoms with Crippen molar-refractivity contribution in [3.05, 3.63) is 42.1 Å². The van der Waals surface area contributed by atoms with Crippen LogP contribution in [0.2, 0.25) is 0 Å². The summed E-state index contributed by atoms with van der Waals surface area (Å²) < 4.78 is 25.2. The average molecular weight is 347 g/mol. The first-order valence-corrected chi connectivity index (χ1v) is 10.3. The van der Waals surface area contributed by atoms with Crippen LogP contribution < -0.4 is 5.32 Å². The number of fused-ring (bicyclic) bond motifs is 1. The molecule has 24 heavy (non-hydrogen) atoms. The first-order valence-electron chi connectivity index (χ1n) is 8.50. The van der Waals surface area contributed by atoms with Gasteiger partial charge in [-0.3, -0.25) is 4.98 Å². The smallest absolute Gasteiger partial charge is 0.211 e. The molecule has 1 aromatic heterocycles. The van der Waals surface area contributed by atoms with E-state index in [1.165, 1.54) is 11.8 Å². The zero-order valence-corrected chi connectivity index (χ0v) is 15.1. The molecule has 1 fully saturated rings. The van der Waals surface area contributed by atoms with Crippen molar-refractivity contribution in [1.29, 1.82) is 0 Å². The van der Waals surface area contributed by atoms with E-state index in [0.29, 0.717) is 25.0 Å². The zero-order chi connectivity index (χ0) is 17.2. The first kappa shape index (κ1) is 17.3. The van der Waals surface area contributed by atoms with Crippen molar-refractivity contribution in [3.63, 3.8) is 0 Å². The highest BCUT2D eigenvalue weighted by Gasteiger charge is 2.31. The van der Waals surface area contributed by atoms with E-state index < -0.39 is 10.0 Å². The highest BCUT2D eigenvalue weighted by molar-refractivity contribution is 7.88. The molecule has 1 saturated heterocycles. The molecule has 0 aliphatic carbocycles. The molecule has 6 heteroatoms. The SMILES string of the molecule is CC[C@@H]1CN(S(C)(=O)=O)CC[C@@H]1NCc1cccc2cccnc12. The zero-order valence-electron chi connectivity index (χ0n) is 14.3. The van der Waals surface area contributed by atoms with Gasteiger partial charge in [-0.2, -0.15) is 0 Å². The van der Waals surface area contributed by atoms with Crippen LogP contribution in [0.25, 0.3) is 10.9 Å². The molecule has 2 atom stereocenters. The Morgan fingerprint density at radius 2 is 2.08 bits per heavy atom. The summed E-state index contributed by atoms with van der Waals surface area (Å²) in [6, 6.07) is 10.6. The Kier molecular flexibility index (Phi) is 5.18. The average Bonchev–Trinajstić information content (AvgIpc) is 2.59. The van der Waals surface area contributed by atoms with Crippen LogP contribution in [0, 0.1) is 5.92 Å². The Hall–Kier alpha value is -1.50. The van der Waals surface area contributed by atoms with Gasteiger partial charge in [-0.1, -0.05) is 37.6 Å². The van der Waals surface area contributed by atoms with Crippen LogP contribution in [-0.4, -0.2) is 43.1 Å². The van der Waals surface area contributed by atoms with Gasteiger partial charge in [0.05, 0.1) is 11.8 Å². The standard InChI is InChI=1S/C18H25N3O2S/c1-3-14-13-21(24(2,22)23)11-9-17(14)20-12-16-7-4-6-15-8-5-10-19-18(15)16/h4-8,10,14,17,20H,3,9,11-13H2,1-2H3/t14-,17+/m1/s1. The van der Waals surface area contributed by atoms with Crippen LogP contribution >= 0.6 is 0 Å². The summed E-state index contributed by atoms with van der Waals surface area (Å²) in [5, 5.41) is 4.79. The molecule has 0 spiro atoms. The van der Waals surface area contributed by atoms with Gasteiger partial charge in [-0.15, -0.1) is 0 Å². The number of piperidine rings is 1. The Morgan fingerprint density at radius 3 is 2.83 bits per heavy atom. The molecule has 0 radical (unpaired) electrons. The van der Waals surface area contributed by atoms with Crippen LogP contribution in [-0.2, 0) is 16.6 Å². The normalized spacial score (nSPS) is 22.8. The fourth-order valence-corrected chi connectivity index (χ4v) is 4.43. The molecule has 0 bridgehead atoms. The van der Waals surface area contributed by atoms with Crippen molar-refractivity contribution in [2.75, 3.05) is 19.3 Å². The number of para-hydroxylation sites is 1. The minimum absolute atomic E-state index is 0.340. The van der Waals surface area contributed by atoms with E-state index in [9.17, 15) is 8.42 Å². The lowest BCUT2D eigenvalue weighted by atomic mass is 9.91. The van der Waals surface area contributed by atoms with Crippen molar-refractivity contribution in [1.82, 2.24) is 14.6 Å². The van der Waals surface area contributed by atoms with E-state index >= 15 is 0 Å². The molecule has 2 heterocycles. The third-order valence-electron chi connectivity index (χ3n) is 4.96. The highest BCUT2D eigenvalue weighted by Crippen LogP contribution is 2.23. The third-order valence-corrected chi connectivity index (χ3v) is 6.23. The summed E-state index contributed by atoms with van der Waals surface area (Å²) >= 11 is 0. The largest absolute Gasteiger partial charge is 0.309 e. The van der Waals surface area contributed by atoms with Crippen molar-refractivity contribution >= 4 is 20.9 Å². The molecular weight excluding hydrogens is 322 g/mol. The predicted molar refractivity (Wildman–Crippen MR) is 97.2 cm³/mol. The monoisotopic (exact) mass is 347 g/mol. The van der Waals surface area contributed by atoms with Crippen molar-refractivity contribution in [2.24, 2.45) is 5.92 Å². The second-order valence-corrected chi connectivity index (χ2v) is 8.54. The number of aromatic nitrogens is 1. The number of benzene rings is 1. The van der Waals surface area contributed by atoms with Crippen molar-refractivity contribution in [2.45, 2.75) is 32.4 Å². The number of rotatable bonds is 5. The molecule has 2 aromatic rings. The predicted octanol–water partition coefficient (Wildman–Crippen LogP) is 2.38. The molecule has 1 aliphatic heterocycles. The number of hydrogen-bond acceptors (Lipinski definition) is 4. The van der Waals surface area contributed by atoms with E-state index in [1.807, 2.05) is 12.3 Å². The number of hydrogen-bond donors (Lipinski definition) is 1. The molecule has 0 saturated carbocycles. The van der Waals surface area contributed by atoms with Gasteiger partial charge in [0.15, 0.2) is 0 Å². The van der Waals surface area contributed by atoms with E-state index in [4.69, 9.17) is 0 Å². The third kappa shape index (κ3) is 3.77. The number of nitrogens with zero attached hydrogens (tertiary/aromatic N) is 2. The van der Waals surface area contributed by atoms with Crippen LogP contribution in [0.5, 0.6) is 0 Å². The van der Waals surface area contributed by atoms with Crippen molar-refractivity contribution in [3.8, 4) is 0 Å². The van der Waals surface area contributed by atoms with Gasteiger partial charge in [0, 0.05) is 37.3 Å². The molecule has 0 unspecified atom stereocenters. The Balaban J connectivity index is 1.70. The number of pyridine rings is 1. The van der Waals surface area contributed by atoms with Gasteiger partial charge in [-0.05, 0) is 24.0 Å². The van der Waals surface area contributed by atoms with Gasteiger partial charge in [0.2, 0.25) is 10.0 Å². The van der Waals surface area contributed by atoms with E-state index in [2.05, 4.69) is 41.5 Å². The van der Waals surface area contributed by atoms with Crippen LogP contribution in [0.3, 0.4) is 0 Å². The minimum Gasteiger partial charge on any atom is -0.309 e. The molecule has 1 aliphatic rings. The second-order valence-electron chi connectivity index (χ2n) is 6.56. The molecule has 0 amide bonds. The van der Waals surface area contributed by atoms with E-state index in [0.717, 1.165) is 30.3 Å². The fraction of sp³-hybridized carbons (Fsp3) is 0.500. The Bertz CT molecular complexity index is 802. The lowest BCUT2D eigenvalue weighted by molar-refractivity contribution is 0.202. The molecular formula is C18H25N3O2S. The van der Waals surface area contributed by atoms with Gasteiger partial charge < -0.3 is 5.32 Å². The van der Waals surface area contributed by atoms with Gasteiger partial charge >= 0.3 is 0 Å². The lowest BCUT2D eigenvalue weighted by Gasteiger charge is -2.37. The molecule has 3 rings (SSSR count). The summed E-state index contributed by atoms with van der Waals surface area (Å²) in [5.41, 5.74) is 2.22. The van der Waals surface area contributed by atoms with Gasteiger partial charge in [-0.25, -0.2) is 12.7 Å². The molecule has 130 valence electrons. The van der Waals surface area contributed by atoms with Gasteiger partial charge in [0.25, 0.3) is 0 Å². The topological polar surface area (TPSA) is 62.3 Å². The lowest BCUT2D eigenvalue weighted by Crippen LogP contribution is -2.50. The maximum atomic E-state index is 11.8. The van der Waals surface area contributed by atoms with Crippen LogP contribution in [0.4, 0.5) is 0 Å². The van der Waals surface area contributed by atoms with E-state index in [-0.39, 0.29) is 0 Å². The second kappa shape index (κ2) is 7.17. The van der Waals surface area contributed by atoms with Gasteiger partial charge in [0.1, 0.15) is 0 Å².